The van der Waals surface area contributed by atoms with Crippen molar-refractivity contribution in [1.29, 1.82) is 0 Å². The third-order valence-electron chi connectivity index (χ3n) is 8.79. The molecule has 0 radical (unpaired) electrons. The Bertz CT molecular complexity index is 1440. The number of likely N-dealkylation sites (tertiary alicyclic amines) is 2. The first-order chi connectivity index (χ1) is 27.5. The second kappa shape index (κ2) is 27.8. The lowest BCUT2D eigenvalue weighted by Gasteiger charge is -2.16. The first kappa shape index (κ1) is 52.2. The van der Waals surface area contributed by atoms with Crippen molar-refractivity contribution in [3.63, 3.8) is 0 Å². The number of carbonyl (C=O) groups excluding carboxylic acids is 6. The van der Waals surface area contributed by atoms with Crippen LogP contribution in [0.1, 0.15) is 72.6 Å². The zero-order valence-electron chi connectivity index (χ0n) is 34.0. The lowest BCUT2D eigenvalue weighted by molar-refractivity contribution is -0.140. The highest BCUT2D eigenvalue weighted by Crippen LogP contribution is 2.47. The zero-order chi connectivity index (χ0) is 43.1. The number of hydrogen-bond donors (Lipinski definition) is 4. The van der Waals surface area contributed by atoms with Crippen LogP contribution in [0.3, 0.4) is 0 Å². The Balaban J connectivity index is 1.44. The monoisotopic (exact) mass is 904 g/mol. The SMILES string of the molecule is CC(C)P(=O)(O)OCCCCCNC(=O)CCSC1CC(=O)N(CCOCCOCCOCCN2C(=O)CC(SCCC(=O)NCCOP(=O)(O)C(C)C)C2=O)C1=O. The van der Waals surface area contributed by atoms with Crippen LogP contribution in [0.5, 0.6) is 0 Å². The van der Waals surface area contributed by atoms with Crippen molar-refractivity contribution in [2.24, 2.45) is 0 Å². The van der Waals surface area contributed by atoms with Crippen molar-refractivity contribution in [3.05, 3.63) is 0 Å². The van der Waals surface area contributed by atoms with Crippen LogP contribution in [0.25, 0.3) is 0 Å². The van der Waals surface area contributed by atoms with Gasteiger partial charge in [-0.25, -0.2) is 0 Å². The molecule has 2 aliphatic heterocycles. The molecule has 334 valence electrons. The van der Waals surface area contributed by atoms with E-state index in [1.807, 2.05) is 0 Å². The van der Waals surface area contributed by atoms with Crippen LogP contribution in [0.15, 0.2) is 0 Å². The molecular weight excluding hydrogens is 842 g/mol. The summed E-state index contributed by atoms with van der Waals surface area (Å²) in [6, 6.07) is 0. The maximum Gasteiger partial charge on any atom is 0.330 e. The average Bonchev–Trinajstić information content (AvgIpc) is 3.58. The van der Waals surface area contributed by atoms with Crippen molar-refractivity contribution in [3.8, 4) is 0 Å². The number of rotatable bonds is 33. The summed E-state index contributed by atoms with van der Waals surface area (Å²) in [5.74, 6) is -0.936. The number of thioether (sulfide) groups is 2. The van der Waals surface area contributed by atoms with E-state index < -0.39 is 37.0 Å². The molecule has 0 aromatic heterocycles. The quantitative estimate of drug-likeness (QED) is 0.0418. The molecule has 4 unspecified atom stereocenters. The molecule has 4 N–H and O–H groups in total. The van der Waals surface area contributed by atoms with Crippen LogP contribution in [0.2, 0.25) is 0 Å². The van der Waals surface area contributed by atoms with Gasteiger partial charge in [0.05, 0.1) is 87.8 Å². The predicted octanol–water partition coefficient (Wildman–Crippen LogP) is 2.16. The van der Waals surface area contributed by atoms with Crippen molar-refractivity contribution < 1.29 is 70.9 Å². The van der Waals surface area contributed by atoms with Gasteiger partial charge in [-0.15, -0.1) is 23.5 Å². The van der Waals surface area contributed by atoms with E-state index in [4.69, 9.17) is 23.3 Å². The zero-order valence-corrected chi connectivity index (χ0v) is 37.4. The average molecular weight is 905 g/mol. The molecule has 2 saturated heterocycles. The third kappa shape index (κ3) is 20.1. The summed E-state index contributed by atoms with van der Waals surface area (Å²) in [6.07, 6.45) is 2.49. The molecule has 2 aliphatic rings. The first-order valence-electron chi connectivity index (χ1n) is 19.6. The lowest BCUT2D eigenvalue weighted by atomic mass is 10.2. The Hall–Kier alpha value is -1.90. The van der Waals surface area contributed by atoms with Crippen LogP contribution in [-0.4, -0.2) is 167 Å². The second-order valence-corrected chi connectivity index (χ2v) is 21.4. The number of nitrogens with zero attached hydrogens (tertiary/aromatic N) is 2. The van der Waals surface area contributed by atoms with Gasteiger partial charge in [0.15, 0.2) is 0 Å². The van der Waals surface area contributed by atoms with E-state index >= 15 is 0 Å². The van der Waals surface area contributed by atoms with Gasteiger partial charge in [0.1, 0.15) is 0 Å². The van der Waals surface area contributed by atoms with Gasteiger partial charge < -0.3 is 43.7 Å². The molecule has 0 saturated carbocycles. The van der Waals surface area contributed by atoms with Crippen molar-refractivity contribution in [1.82, 2.24) is 20.4 Å². The van der Waals surface area contributed by atoms with Gasteiger partial charge in [0.2, 0.25) is 35.4 Å². The summed E-state index contributed by atoms with van der Waals surface area (Å²) in [4.78, 5) is 96.0. The summed E-state index contributed by atoms with van der Waals surface area (Å²) in [7, 11) is -7.26. The van der Waals surface area contributed by atoms with Crippen LogP contribution in [-0.2, 0) is 61.2 Å². The fourth-order valence-corrected chi connectivity index (χ4v) is 8.72. The van der Waals surface area contributed by atoms with E-state index in [1.165, 1.54) is 28.4 Å². The minimum Gasteiger partial charge on any atom is -0.377 e. The lowest BCUT2D eigenvalue weighted by Crippen LogP contribution is -2.34. The van der Waals surface area contributed by atoms with Gasteiger partial charge in [-0.2, -0.15) is 0 Å². The molecule has 0 spiro atoms. The molecular formula is C35H62N4O15P2S2. The number of imide groups is 2. The number of ether oxygens (including phenoxy) is 3. The smallest absolute Gasteiger partial charge is 0.330 e. The van der Waals surface area contributed by atoms with Crippen molar-refractivity contribution in [2.75, 3.05) is 90.5 Å². The molecule has 6 amide bonds. The van der Waals surface area contributed by atoms with Gasteiger partial charge in [-0.05, 0) is 19.3 Å². The summed E-state index contributed by atoms with van der Waals surface area (Å²) in [6.45, 7) is 8.50. The Morgan fingerprint density at radius 3 is 1.50 bits per heavy atom. The van der Waals surface area contributed by atoms with E-state index in [-0.39, 0.29) is 134 Å². The van der Waals surface area contributed by atoms with Gasteiger partial charge in [-0.1, -0.05) is 27.7 Å². The maximum absolute atomic E-state index is 12.7. The minimum atomic E-state index is -3.70. The highest BCUT2D eigenvalue weighted by molar-refractivity contribution is 8.00. The van der Waals surface area contributed by atoms with Crippen LogP contribution in [0.4, 0.5) is 0 Å². The molecule has 23 heteroatoms. The van der Waals surface area contributed by atoms with Gasteiger partial charge in [0.25, 0.3) is 0 Å². The number of hydrogen-bond acceptors (Lipinski definition) is 15. The van der Waals surface area contributed by atoms with E-state index in [0.29, 0.717) is 30.9 Å². The van der Waals surface area contributed by atoms with Gasteiger partial charge in [-0.3, -0.25) is 47.7 Å². The number of carbonyl (C=O) groups is 6. The predicted molar refractivity (Wildman–Crippen MR) is 219 cm³/mol. The topological polar surface area (TPSA) is 254 Å². The summed E-state index contributed by atoms with van der Waals surface area (Å²) < 4.78 is 50.0. The molecule has 0 bridgehead atoms. The van der Waals surface area contributed by atoms with Gasteiger partial charge >= 0.3 is 15.2 Å². The fraction of sp³-hybridized carbons (Fsp3) is 0.829. The standard InChI is InChI=1S/C35H62N4O15P2S2/c1-26(2)55(46,47)53-14-7-5-6-10-36-30(40)8-22-57-28-24-32(42)38(34(28)44)12-16-50-18-20-52-21-19-51-17-13-39-33(43)25-29(35(39)45)58-23-9-31(41)37-11-15-54-56(48,49)27(3)4/h26-29H,5-25H2,1-4H3,(H,36,40)(H,37,41)(H,46,47)(H,48,49). The van der Waals surface area contributed by atoms with Crippen molar-refractivity contribution >= 4 is 74.2 Å². The maximum atomic E-state index is 12.7. The van der Waals surface area contributed by atoms with Crippen molar-refractivity contribution in [2.45, 2.75) is 94.5 Å². The molecule has 0 aliphatic carbocycles. The van der Waals surface area contributed by atoms with Crippen LogP contribution >= 0.6 is 38.7 Å². The Morgan fingerprint density at radius 2 is 1.05 bits per heavy atom. The summed E-state index contributed by atoms with van der Waals surface area (Å²) in [5.41, 5.74) is -0.991. The third-order valence-corrected chi connectivity index (χ3v) is 14.9. The Kier molecular flexibility index (Phi) is 25.1. The second-order valence-electron chi connectivity index (χ2n) is 14.0. The highest BCUT2D eigenvalue weighted by atomic mass is 32.2. The molecule has 2 rings (SSSR count). The van der Waals surface area contributed by atoms with Crippen LogP contribution < -0.4 is 10.6 Å². The van der Waals surface area contributed by atoms with E-state index in [0.717, 1.165) is 11.3 Å². The molecule has 2 heterocycles. The summed E-state index contributed by atoms with van der Waals surface area (Å²) in [5, 5.41) is 4.30. The largest absolute Gasteiger partial charge is 0.377 e. The summed E-state index contributed by atoms with van der Waals surface area (Å²) >= 11 is 2.51. The molecule has 19 nitrogen and oxygen atoms in total. The number of unbranched alkanes of at least 4 members (excludes halogenated alkanes) is 2. The normalized spacial score (nSPS) is 19.4. The van der Waals surface area contributed by atoms with Crippen LogP contribution in [0, 0.1) is 0 Å². The van der Waals surface area contributed by atoms with E-state index in [2.05, 4.69) is 10.6 Å². The Labute approximate surface area is 349 Å². The minimum absolute atomic E-state index is 0.0446. The highest BCUT2D eigenvalue weighted by Gasteiger charge is 2.39. The fourth-order valence-electron chi connectivity index (χ4n) is 5.15. The Morgan fingerprint density at radius 1 is 0.638 bits per heavy atom. The van der Waals surface area contributed by atoms with E-state index in [9.17, 15) is 47.7 Å². The van der Waals surface area contributed by atoms with E-state index in [1.54, 1.807) is 27.7 Å². The molecule has 58 heavy (non-hydrogen) atoms. The number of amides is 6. The molecule has 0 aromatic rings. The number of nitrogens with one attached hydrogen (secondary N) is 2. The molecule has 2 fully saturated rings. The molecule has 0 aromatic carbocycles. The van der Waals surface area contributed by atoms with Gasteiger partial charge in [0, 0.05) is 50.3 Å². The molecule has 4 atom stereocenters. The first-order valence-corrected chi connectivity index (χ1v) is 25.0.